The molecule has 6 heteroatoms. The van der Waals surface area contributed by atoms with Gasteiger partial charge in [-0.25, -0.2) is 4.79 Å². The van der Waals surface area contributed by atoms with Crippen LogP contribution in [0.5, 0.6) is 0 Å². The molecule has 2 fully saturated rings. The van der Waals surface area contributed by atoms with Crippen molar-refractivity contribution >= 4 is 17.8 Å². The molecule has 1 saturated heterocycles. The van der Waals surface area contributed by atoms with Crippen LogP contribution in [0.3, 0.4) is 0 Å². The van der Waals surface area contributed by atoms with Gasteiger partial charge in [0, 0.05) is 0 Å². The second kappa shape index (κ2) is 10.5. The highest BCUT2D eigenvalue weighted by molar-refractivity contribution is 6.37. The van der Waals surface area contributed by atoms with Crippen molar-refractivity contribution in [3.8, 4) is 0 Å². The zero-order valence-electron chi connectivity index (χ0n) is 23.6. The van der Waals surface area contributed by atoms with E-state index in [1.54, 1.807) is 12.1 Å². The first-order valence-corrected chi connectivity index (χ1v) is 13.7. The average Bonchev–Trinajstić information content (AvgIpc) is 3.03. The minimum absolute atomic E-state index is 0.122. The quantitative estimate of drug-likeness (QED) is 0.332. The molecule has 1 aromatic carbocycles. The van der Waals surface area contributed by atoms with E-state index in [9.17, 15) is 14.4 Å². The summed E-state index contributed by atoms with van der Waals surface area (Å²) in [5.74, 6) is -0.736. The molecule has 0 aromatic heterocycles. The van der Waals surface area contributed by atoms with Gasteiger partial charge in [0.2, 0.25) is 0 Å². The zero-order chi connectivity index (χ0) is 26.9. The molecule has 36 heavy (non-hydrogen) atoms. The van der Waals surface area contributed by atoms with Gasteiger partial charge in [0.25, 0.3) is 0 Å². The van der Waals surface area contributed by atoms with Gasteiger partial charge in [-0.3, -0.25) is 9.59 Å². The van der Waals surface area contributed by atoms with Crippen molar-refractivity contribution in [3.05, 3.63) is 35.4 Å². The zero-order valence-corrected chi connectivity index (χ0v) is 23.6. The fraction of sp³-hybridized carbons (Fsp3) is 0.700. The van der Waals surface area contributed by atoms with Crippen LogP contribution in [-0.2, 0) is 14.3 Å². The van der Waals surface area contributed by atoms with Gasteiger partial charge < -0.3 is 15.0 Å². The van der Waals surface area contributed by atoms with Crippen molar-refractivity contribution in [1.82, 2.24) is 10.2 Å². The Kier molecular flexibility index (Phi) is 8.26. The number of benzene rings is 1. The summed E-state index contributed by atoms with van der Waals surface area (Å²) in [6, 6.07) is 7.15. The lowest BCUT2D eigenvalue weighted by Crippen LogP contribution is -2.56. The summed E-state index contributed by atoms with van der Waals surface area (Å²) in [6.07, 6.45) is 5.98. The Morgan fingerprint density at radius 2 is 1.67 bits per heavy atom. The van der Waals surface area contributed by atoms with Crippen LogP contribution in [0.15, 0.2) is 24.3 Å². The number of ether oxygens (including phenoxy) is 1. The molecule has 1 aliphatic heterocycles. The molecule has 0 bridgehead atoms. The van der Waals surface area contributed by atoms with Crippen LogP contribution in [0, 0.1) is 16.7 Å². The molecule has 1 spiro atoms. The molecular weight excluding hydrogens is 452 g/mol. The van der Waals surface area contributed by atoms with Gasteiger partial charge >= 0.3 is 17.8 Å². The Morgan fingerprint density at radius 1 is 1.08 bits per heavy atom. The van der Waals surface area contributed by atoms with Crippen LogP contribution in [0.1, 0.15) is 122 Å². The minimum atomic E-state index is -0.647. The Hall–Kier alpha value is -2.37. The van der Waals surface area contributed by atoms with E-state index >= 15 is 0 Å². The fourth-order valence-corrected chi connectivity index (χ4v) is 5.67. The van der Waals surface area contributed by atoms with Crippen LogP contribution in [0.25, 0.3) is 0 Å². The van der Waals surface area contributed by atoms with Gasteiger partial charge in [-0.05, 0) is 86.8 Å². The van der Waals surface area contributed by atoms with E-state index in [1.807, 2.05) is 30.9 Å². The van der Waals surface area contributed by atoms with E-state index in [0.29, 0.717) is 11.5 Å². The molecule has 1 saturated carbocycles. The summed E-state index contributed by atoms with van der Waals surface area (Å²) in [5.41, 5.74) is 1.11. The smallest absolute Gasteiger partial charge is 0.338 e. The number of esters is 1. The summed E-state index contributed by atoms with van der Waals surface area (Å²) in [4.78, 5) is 40.5. The number of carbonyl (C=O) groups excluding carboxylic acids is 3. The molecule has 1 N–H and O–H groups in total. The third-order valence-electron chi connectivity index (χ3n) is 8.50. The normalized spacial score (nSPS) is 23.8. The number of hydrogen-bond acceptors (Lipinski definition) is 4. The number of hydrogen-bond donors (Lipinski definition) is 1. The van der Waals surface area contributed by atoms with Gasteiger partial charge in [-0.1, -0.05) is 60.1 Å². The molecule has 1 atom stereocenters. The Bertz CT molecular complexity index is 950. The summed E-state index contributed by atoms with van der Waals surface area (Å²) in [6.45, 7) is 17.1. The monoisotopic (exact) mass is 498 g/mol. The topological polar surface area (TPSA) is 75.7 Å². The SMILES string of the molecule is CCC(C)(C)CC[C@H](c1ccc(C(=O)OC(C)C)cc1)N1C(=O)C(=O)NC12CCC(C(C)(C)C)CC2. The Balaban J connectivity index is 1.96. The highest BCUT2D eigenvalue weighted by Crippen LogP contribution is 2.47. The summed E-state index contributed by atoms with van der Waals surface area (Å²) >= 11 is 0. The third-order valence-corrected chi connectivity index (χ3v) is 8.50. The van der Waals surface area contributed by atoms with Gasteiger partial charge in [0.05, 0.1) is 17.7 Å². The summed E-state index contributed by atoms with van der Waals surface area (Å²) in [5, 5.41) is 3.12. The number of carbonyl (C=O) groups is 3. The summed E-state index contributed by atoms with van der Waals surface area (Å²) < 4.78 is 5.34. The molecule has 3 rings (SSSR count). The first kappa shape index (κ1) is 28.2. The third kappa shape index (κ3) is 6.12. The maximum atomic E-state index is 13.4. The van der Waals surface area contributed by atoms with Gasteiger partial charge in [0.1, 0.15) is 5.66 Å². The first-order chi connectivity index (χ1) is 16.7. The van der Waals surface area contributed by atoms with Crippen molar-refractivity contribution < 1.29 is 19.1 Å². The predicted molar refractivity (Wildman–Crippen MR) is 142 cm³/mol. The van der Waals surface area contributed by atoms with E-state index in [4.69, 9.17) is 4.74 Å². The van der Waals surface area contributed by atoms with Crippen molar-refractivity contribution in [2.75, 3.05) is 0 Å². The van der Waals surface area contributed by atoms with E-state index in [0.717, 1.165) is 50.5 Å². The molecule has 1 aliphatic carbocycles. The Labute approximate surface area is 217 Å². The van der Waals surface area contributed by atoms with Crippen molar-refractivity contribution in [3.63, 3.8) is 0 Å². The number of nitrogens with zero attached hydrogens (tertiary/aromatic N) is 1. The second-order valence-corrected chi connectivity index (χ2v) is 12.9. The van der Waals surface area contributed by atoms with Crippen LogP contribution < -0.4 is 5.32 Å². The maximum absolute atomic E-state index is 13.4. The largest absolute Gasteiger partial charge is 0.459 e. The molecule has 2 amide bonds. The van der Waals surface area contributed by atoms with Crippen LogP contribution >= 0.6 is 0 Å². The number of nitrogens with one attached hydrogen (secondary N) is 1. The second-order valence-electron chi connectivity index (χ2n) is 12.9. The minimum Gasteiger partial charge on any atom is -0.459 e. The average molecular weight is 499 g/mol. The molecule has 2 aliphatic rings. The van der Waals surface area contributed by atoms with Crippen molar-refractivity contribution in [1.29, 1.82) is 0 Å². The maximum Gasteiger partial charge on any atom is 0.338 e. The lowest BCUT2D eigenvalue weighted by atomic mass is 9.69. The van der Waals surface area contributed by atoms with Gasteiger partial charge in [-0.2, -0.15) is 0 Å². The van der Waals surface area contributed by atoms with Gasteiger partial charge in [-0.15, -0.1) is 0 Å². The molecule has 200 valence electrons. The van der Waals surface area contributed by atoms with Crippen LogP contribution in [0.4, 0.5) is 0 Å². The molecule has 1 aromatic rings. The summed E-state index contributed by atoms with van der Waals surface area (Å²) in [7, 11) is 0. The number of amides is 2. The molecule has 1 heterocycles. The standard InChI is InChI=1S/C30H46N2O4/c1-9-29(7,8)17-16-24(21-10-12-22(13-11-21)27(35)36-20(2)3)32-26(34)25(33)31-30(32)18-14-23(15-19-30)28(4,5)6/h10-13,20,23-24H,9,14-19H2,1-8H3,(H,31,33)/t23?,24-,30?/m1/s1. The van der Waals surface area contributed by atoms with Crippen LogP contribution in [-0.4, -0.2) is 34.5 Å². The van der Waals surface area contributed by atoms with E-state index < -0.39 is 17.5 Å². The molecule has 0 unspecified atom stereocenters. The Morgan fingerprint density at radius 3 is 2.17 bits per heavy atom. The van der Waals surface area contributed by atoms with E-state index in [-0.39, 0.29) is 28.9 Å². The molecular formula is C30H46N2O4. The van der Waals surface area contributed by atoms with Crippen molar-refractivity contribution in [2.45, 2.75) is 118 Å². The molecule has 0 radical (unpaired) electrons. The number of rotatable bonds is 8. The van der Waals surface area contributed by atoms with E-state index in [1.165, 1.54) is 0 Å². The predicted octanol–water partition coefficient (Wildman–Crippen LogP) is 6.40. The first-order valence-electron chi connectivity index (χ1n) is 13.7. The van der Waals surface area contributed by atoms with E-state index in [2.05, 4.69) is 46.9 Å². The molecule has 6 nitrogen and oxygen atoms in total. The van der Waals surface area contributed by atoms with Crippen LogP contribution in [0.2, 0.25) is 0 Å². The lowest BCUT2D eigenvalue weighted by molar-refractivity contribution is -0.144. The lowest BCUT2D eigenvalue weighted by Gasteiger charge is -2.48. The highest BCUT2D eigenvalue weighted by atomic mass is 16.5. The van der Waals surface area contributed by atoms with Crippen molar-refractivity contribution in [2.24, 2.45) is 16.7 Å². The fourth-order valence-electron chi connectivity index (χ4n) is 5.67. The van der Waals surface area contributed by atoms with Gasteiger partial charge in [0.15, 0.2) is 0 Å². The highest BCUT2D eigenvalue weighted by Gasteiger charge is 2.54.